The van der Waals surface area contributed by atoms with Gasteiger partial charge in [-0.05, 0) is 32.6 Å². The summed E-state index contributed by atoms with van der Waals surface area (Å²) >= 11 is 0. The van der Waals surface area contributed by atoms with Gasteiger partial charge in [-0.25, -0.2) is 5.14 Å². The number of nitrogens with zero attached hydrogens (tertiary/aromatic N) is 2. The first-order valence-electron chi connectivity index (χ1n) is 6.51. The minimum Gasteiger partial charge on any atom is -0.340 e. The van der Waals surface area contributed by atoms with Gasteiger partial charge in [-0.2, -0.15) is 12.7 Å². The molecule has 1 aliphatic carbocycles. The van der Waals surface area contributed by atoms with E-state index in [1.54, 1.807) is 0 Å². The summed E-state index contributed by atoms with van der Waals surface area (Å²) in [5, 5.41) is 5.08. The van der Waals surface area contributed by atoms with Crippen LogP contribution in [0.3, 0.4) is 0 Å². The molecule has 104 valence electrons. The summed E-state index contributed by atoms with van der Waals surface area (Å²) in [7, 11) is -3.60. The highest BCUT2D eigenvalue weighted by atomic mass is 32.2. The van der Waals surface area contributed by atoms with E-state index >= 15 is 0 Å². The van der Waals surface area contributed by atoms with Crippen LogP contribution >= 0.6 is 0 Å². The molecule has 2 fully saturated rings. The number of nitrogens with two attached hydrogens (primary N) is 1. The van der Waals surface area contributed by atoms with Gasteiger partial charge in [0.1, 0.15) is 0 Å². The SMILES string of the molecule is CCN(C(=O)C1CCN(S(N)(=O)=O)CC1)C1CC1. The highest BCUT2D eigenvalue weighted by molar-refractivity contribution is 7.86. The Bertz CT molecular complexity index is 411. The number of rotatable bonds is 4. The zero-order valence-electron chi connectivity index (χ0n) is 10.7. The average Bonchev–Trinajstić information content (AvgIpc) is 3.13. The maximum absolute atomic E-state index is 12.3. The zero-order valence-corrected chi connectivity index (χ0v) is 11.5. The van der Waals surface area contributed by atoms with Gasteiger partial charge in [0, 0.05) is 31.6 Å². The van der Waals surface area contributed by atoms with Crippen molar-refractivity contribution in [1.29, 1.82) is 0 Å². The Morgan fingerprint density at radius 3 is 2.22 bits per heavy atom. The molecule has 6 nitrogen and oxygen atoms in total. The van der Waals surface area contributed by atoms with Gasteiger partial charge in [0.05, 0.1) is 0 Å². The third-order valence-corrected chi connectivity index (χ3v) is 4.86. The summed E-state index contributed by atoms with van der Waals surface area (Å²) in [6.45, 7) is 3.46. The van der Waals surface area contributed by atoms with Gasteiger partial charge in [-0.1, -0.05) is 0 Å². The zero-order chi connectivity index (χ0) is 13.3. The van der Waals surface area contributed by atoms with E-state index < -0.39 is 10.2 Å². The van der Waals surface area contributed by atoms with E-state index in [-0.39, 0.29) is 11.8 Å². The first-order chi connectivity index (χ1) is 8.43. The fourth-order valence-corrected chi connectivity index (χ4v) is 3.29. The lowest BCUT2D eigenvalue weighted by atomic mass is 9.96. The normalized spacial score (nSPS) is 23.0. The van der Waals surface area contributed by atoms with E-state index in [2.05, 4.69) is 0 Å². The molecule has 0 radical (unpaired) electrons. The molecule has 2 rings (SSSR count). The van der Waals surface area contributed by atoms with Crippen LogP contribution in [0.1, 0.15) is 32.6 Å². The maximum atomic E-state index is 12.3. The molecule has 7 heteroatoms. The van der Waals surface area contributed by atoms with Crippen molar-refractivity contribution in [2.75, 3.05) is 19.6 Å². The third kappa shape index (κ3) is 3.02. The van der Waals surface area contributed by atoms with Crippen molar-refractivity contribution >= 4 is 16.1 Å². The van der Waals surface area contributed by atoms with Crippen LogP contribution in [0.25, 0.3) is 0 Å². The Balaban J connectivity index is 1.91. The van der Waals surface area contributed by atoms with E-state index in [9.17, 15) is 13.2 Å². The Labute approximate surface area is 108 Å². The number of hydrogen-bond acceptors (Lipinski definition) is 3. The van der Waals surface area contributed by atoms with Gasteiger partial charge in [0.15, 0.2) is 0 Å². The second-order valence-corrected chi connectivity index (χ2v) is 6.62. The molecule has 1 aliphatic heterocycles. The highest BCUT2D eigenvalue weighted by Gasteiger charge is 2.37. The molecule has 1 amide bonds. The van der Waals surface area contributed by atoms with Crippen molar-refractivity contribution in [2.45, 2.75) is 38.6 Å². The van der Waals surface area contributed by atoms with E-state index in [1.165, 1.54) is 4.31 Å². The number of carbonyl (C=O) groups is 1. The first-order valence-corrected chi connectivity index (χ1v) is 8.02. The van der Waals surface area contributed by atoms with Crippen LogP contribution < -0.4 is 5.14 Å². The average molecular weight is 275 g/mol. The van der Waals surface area contributed by atoms with Crippen LogP contribution in [-0.4, -0.2) is 49.2 Å². The van der Waals surface area contributed by atoms with Gasteiger partial charge in [-0.3, -0.25) is 4.79 Å². The Hall–Kier alpha value is -0.660. The van der Waals surface area contributed by atoms with E-state index in [1.807, 2.05) is 11.8 Å². The van der Waals surface area contributed by atoms with Crippen molar-refractivity contribution in [2.24, 2.45) is 11.1 Å². The molecule has 1 saturated carbocycles. The van der Waals surface area contributed by atoms with Gasteiger partial charge in [0.25, 0.3) is 10.2 Å². The van der Waals surface area contributed by atoms with Crippen molar-refractivity contribution in [3.63, 3.8) is 0 Å². The fraction of sp³-hybridized carbons (Fsp3) is 0.909. The lowest BCUT2D eigenvalue weighted by Crippen LogP contribution is -2.46. The maximum Gasteiger partial charge on any atom is 0.276 e. The van der Waals surface area contributed by atoms with E-state index in [0.29, 0.717) is 32.0 Å². The molecule has 0 unspecified atom stereocenters. The third-order valence-electron chi connectivity index (χ3n) is 3.77. The number of carbonyl (C=O) groups excluding carboxylic acids is 1. The van der Waals surface area contributed by atoms with Gasteiger partial charge in [0.2, 0.25) is 5.91 Å². The Morgan fingerprint density at radius 2 is 1.83 bits per heavy atom. The molecule has 0 spiro atoms. The summed E-state index contributed by atoms with van der Waals surface area (Å²) in [6, 6.07) is 0.429. The summed E-state index contributed by atoms with van der Waals surface area (Å²) < 4.78 is 23.6. The summed E-state index contributed by atoms with van der Waals surface area (Å²) in [4.78, 5) is 14.2. The van der Waals surface area contributed by atoms with Crippen LogP contribution in [0.15, 0.2) is 0 Å². The smallest absolute Gasteiger partial charge is 0.276 e. The molecule has 0 atom stereocenters. The fourth-order valence-electron chi connectivity index (χ4n) is 2.57. The van der Waals surface area contributed by atoms with Crippen LogP contribution in [0.5, 0.6) is 0 Å². The van der Waals surface area contributed by atoms with Crippen LogP contribution in [0.4, 0.5) is 0 Å². The highest BCUT2D eigenvalue weighted by Crippen LogP contribution is 2.30. The number of hydrogen-bond donors (Lipinski definition) is 1. The summed E-state index contributed by atoms with van der Waals surface area (Å²) in [6.07, 6.45) is 3.38. The van der Waals surface area contributed by atoms with E-state index in [0.717, 1.165) is 19.4 Å². The molecule has 0 bridgehead atoms. The molecular weight excluding hydrogens is 254 g/mol. The quantitative estimate of drug-likeness (QED) is 0.778. The Kier molecular flexibility index (Phi) is 3.93. The van der Waals surface area contributed by atoms with Gasteiger partial charge in [-0.15, -0.1) is 0 Å². The minimum atomic E-state index is -3.60. The van der Waals surface area contributed by atoms with Crippen molar-refractivity contribution in [3.8, 4) is 0 Å². The van der Waals surface area contributed by atoms with Crippen LogP contribution in [0.2, 0.25) is 0 Å². The topological polar surface area (TPSA) is 83.7 Å². The largest absolute Gasteiger partial charge is 0.340 e. The van der Waals surface area contributed by atoms with Crippen molar-refractivity contribution < 1.29 is 13.2 Å². The monoisotopic (exact) mass is 275 g/mol. The van der Waals surface area contributed by atoms with E-state index in [4.69, 9.17) is 5.14 Å². The Morgan fingerprint density at radius 1 is 1.28 bits per heavy atom. The van der Waals surface area contributed by atoms with Crippen LogP contribution in [-0.2, 0) is 15.0 Å². The van der Waals surface area contributed by atoms with Crippen molar-refractivity contribution in [3.05, 3.63) is 0 Å². The minimum absolute atomic E-state index is 0.0384. The standard InChI is InChI=1S/C11H21N3O3S/c1-2-14(10-3-4-10)11(15)9-5-7-13(8-6-9)18(12,16)17/h9-10H,2-8H2,1H3,(H2,12,16,17). The molecule has 1 saturated heterocycles. The summed E-state index contributed by atoms with van der Waals surface area (Å²) in [5.41, 5.74) is 0. The second kappa shape index (κ2) is 5.14. The van der Waals surface area contributed by atoms with Gasteiger partial charge >= 0.3 is 0 Å². The molecular formula is C11H21N3O3S. The van der Waals surface area contributed by atoms with Gasteiger partial charge < -0.3 is 4.90 Å². The molecule has 0 aromatic carbocycles. The summed E-state index contributed by atoms with van der Waals surface area (Å²) in [5.74, 6) is 0.151. The second-order valence-electron chi connectivity index (χ2n) is 5.07. The first kappa shape index (κ1) is 13.8. The van der Waals surface area contributed by atoms with Crippen LogP contribution in [0, 0.1) is 5.92 Å². The molecule has 0 aromatic rings. The lowest BCUT2D eigenvalue weighted by molar-refractivity contribution is -0.137. The number of amides is 1. The lowest BCUT2D eigenvalue weighted by Gasteiger charge is -2.32. The predicted molar refractivity (Wildman–Crippen MR) is 67.8 cm³/mol. The molecule has 1 heterocycles. The predicted octanol–water partition coefficient (Wildman–Crippen LogP) is -0.0872. The molecule has 2 N–H and O–H groups in total. The molecule has 18 heavy (non-hydrogen) atoms. The molecule has 2 aliphatic rings. The van der Waals surface area contributed by atoms with Crippen molar-refractivity contribution in [1.82, 2.24) is 9.21 Å². The molecule has 0 aromatic heterocycles. The number of piperidine rings is 1.